The highest BCUT2D eigenvalue weighted by atomic mass is 32.2. The number of phenolic OH excluding ortho intramolecular Hbond substituents is 1. The van der Waals surface area contributed by atoms with Gasteiger partial charge in [-0.3, -0.25) is 0 Å². The van der Waals surface area contributed by atoms with Gasteiger partial charge >= 0.3 is 0 Å². The molecular weight excluding hydrogens is 268 g/mol. The highest BCUT2D eigenvalue weighted by molar-refractivity contribution is 7.89. The smallest absolute Gasteiger partial charge is 0.246 e. The lowest BCUT2D eigenvalue weighted by molar-refractivity contribution is 0.390. The van der Waals surface area contributed by atoms with Gasteiger partial charge in [0.25, 0.3) is 0 Å². The normalized spacial score (nSPS) is 11.7. The van der Waals surface area contributed by atoms with Crippen LogP contribution in [-0.4, -0.2) is 18.7 Å². The van der Waals surface area contributed by atoms with Gasteiger partial charge in [0.1, 0.15) is 16.3 Å². The molecule has 0 spiro atoms. The monoisotopic (exact) mass is 282 g/mol. The van der Waals surface area contributed by atoms with Crippen LogP contribution < -0.4 is 4.72 Å². The van der Waals surface area contributed by atoms with Crippen LogP contribution in [0.3, 0.4) is 0 Å². The molecule has 0 amide bonds. The lowest BCUT2D eigenvalue weighted by Crippen LogP contribution is -2.24. The SMILES string of the molecule is Cc1noc(C)c1S(=O)(=O)NCc1cccc(O)c1. The molecular formula is C12H14N2O4S. The Morgan fingerprint density at radius 2 is 2.11 bits per heavy atom. The summed E-state index contributed by atoms with van der Waals surface area (Å²) in [6.45, 7) is 3.20. The molecule has 6 nitrogen and oxygen atoms in total. The van der Waals surface area contributed by atoms with Crippen LogP contribution in [0.2, 0.25) is 0 Å². The molecule has 0 saturated heterocycles. The summed E-state index contributed by atoms with van der Waals surface area (Å²) in [7, 11) is -3.68. The summed E-state index contributed by atoms with van der Waals surface area (Å²) in [5, 5.41) is 12.9. The number of hydrogen-bond acceptors (Lipinski definition) is 5. The van der Waals surface area contributed by atoms with Crippen molar-refractivity contribution in [3.05, 3.63) is 41.3 Å². The molecule has 0 radical (unpaired) electrons. The molecule has 19 heavy (non-hydrogen) atoms. The van der Waals surface area contributed by atoms with Gasteiger partial charge in [0, 0.05) is 6.54 Å². The van der Waals surface area contributed by atoms with Crippen LogP contribution >= 0.6 is 0 Å². The third-order valence-corrected chi connectivity index (χ3v) is 4.26. The number of phenols is 1. The topological polar surface area (TPSA) is 92.4 Å². The summed E-state index contributed by atoms with van der Waals surface area (Å²) in [6.07, 6.45) is 0. The second-order valence-electron chi connectivity index (χ2n) is 4.15. The number of nitrogens with zero attached hydrogens (tertiary/aromatic N) is 1. The number of nitrogens with one attached hydrogen (secondary N) is 1. The number of benzene rings is 1. The van der Waals surface area contributed by atoms with Crippen LogP contribution in [-0.2, 0) is 16.6 Å². The first-order valence-electron chi connectivity index (χ1n) is 5.60. The minimum absolute atomic E-state index is 0.0626. The molecule has 2 N–H and O–H groups in total. The number of rotatable bonds is 4. The first kappa shape index (κ1) is 13.6. The van der Waals surface area contributed by atoms with Gasteiger partial charge in [0.2, 0.25) is 10.0 Å². The van der Waals surface area contributed by atoms with Crippen molar-refractivity contribution in [1.82, 2.24) is 9.88 Å². The van der Waals surface area contributed by atoms with E-state index in [-0.39, 0.29) is 22.9 Å². The third-order valence-electron chi connectivity index (χ3n) is 2.61. The van der Waals surface area contributed by atoms with Crippen LogP contribution in [0.1, 0.15) is 17.0 Å². The first-order valence-corrected chi connectivity index (χ1v) is 7.09. The summed E-state index contributed by atoms with van der Waals surface area (Å²) in [5.41, 5.74) is 0.983. The van der Waals surface area contributed by atoms with Crippen molar-refractivity contribution in [3.8, 4) is 5.75 Å². The van der Waals surface area contributed by atoms with Crippen molar-refractivity contribution in [2.45, 2.75) is 25.3 Å². The van der Waals surface area contributed by atoms with Gasteiger partial charge in [0.05, 0.1) is 0 Å². The van der Waals surface area contributed by atoms with Crippen LogP contribution in [0, 0.1) is 13.8 Å². The zero-order chi connectivity index (χ0) is 14.0. The molecule has 1 aromatic carbocycles. The lowest BCUT2D eigenvalue weighted by atomic mass is 10.2. The quantitative estimate of drug-likeness (QED) is 0.886. The van der Waals surface area contributed by atoms with Crippen molar-refractivity contribution in [2.75, 3.05) is 0 Å². The fraction of sp³-hybridized carbons (Fsp3) is 0.250. The molecule has 0 fully saturated rings. The summed E-state index contributed by atoms with van der Waals surface area (Å²) < 4.78 is 31.5. The van der Waals surface area contributed by atoms with Crippen LogP contribution in [0.5, 0.6) is 5.75 Å². The first-order chi connectivity index (χ1) is 8.90. The number of aromatic nitrogens is 1. The van der Waals surface area contributed by atoms with Gasteiger partial charge in [-0.2, -0.15) is 0 Å². The van der Waals surface area contributed by atoms with Crippen molar-refractivity contribution < 1.29 is 18.0 Å². The number of aryl methyl sites for hydroxylation is 2. The number of aromatic hydroxyl groups is 1. The Kier molecular flexibility index (Phi) is 3.59. The Morgan fingerprint density at radius 1 is 1.37 bits per heavy atom. The maximum Gasteiger partial charge on any atom is 0.246 e. The fourth-order valence-electron chi connectivity index (χ4n) is 1.78. The van der Waals surface area contributed by atoms with E-state index in [1.165, 1.54) is 12.1 Å². The maximum atomic E-state index is 12.1. The molecule has 0 aliphatic carbocycles. The Bertz CT molecular complexity index is 672. The lowest BCUT2D eigenvalue weighted by Gasteiger charge is -2.06. The average molecular weight is 282 g/mol. The third kappa shape index (κ3) is 2.94. The van der Waals surface area contributed by atoms with Gasteiger partial charge in [-0.1, -0.05) is 17.3 Å². The van der Waals surface area contributed by atoms with E-state index in [9.17, 15) is 13.5 Å². The largest absolute Gasteiger partial charge is 0.508 e. The second-order valence-corrected chi connectivity index (χ2v) is 5.85. The summed E-state index contributed by atoms with van der Waals surface area (Å²) >= 11 is 0. The molecule has 2 aromatic rings. The molecule has 0 atom stereocenters. The van der Waals surface area contributed by atoms with E-state index in [0.717, 1.165) is 0 Å². The van der Waals surface area contributed by atoms with Gasteiger partial charge in [-0.15, -0.1) is 0 Å². The average Bonchev–Trinajstić information content (AvgIpc) is 2.67. The van der Waals surface area contributed by atoms with E-state index < -0.39 is 10.0 Å². The molecule has 0 bridgehead atoms. The molecule has 7 heteroatoms. The molecule has 102 valence electrons. The zero-order valence-corrected chi connectivity index (χ0v) is 11.4. The summed E-state index contributed by atoms with van der Waals surface area (Å²) in [4.78, 5) is 0.0626. The highest BCUT2D eigenvalue weighted by Crippen LogP contribution is 2.19. The molecule has 1 aromatic heterocycles. The van der Waals surface area contributed by atoms with Crippen molar-refractivity contribution in [2.24, 2.45) is 0 Å². The van der Waals surface area contributed by atoms with Crippen molar-refractivity contribution in [1.29, 1.82) is 0 Å². The molecule has 2 rings (SSSR count). The molecule has 0 saturated carbocycles. The highest BCUT2D eigenvalue weighted by Gasteiger charge is 2.23. The van der Waals surface area contributed by atoms with E-state index in [2.05, 4.69) is 9.88 Å². The standard InChI is InChI=1S/C12H14N2O4S/c1-8-12(9(2)18-14-8)19(16,17)13-7-10-4-3-5-11(15)6-10/h3-6,13,15H,7H2,1-2H3. The zero-order valence-electron chi connectivity index (χ0n) is 10.5. The Hall–Kier alpha value is -1.86. The minimum atomic E-state index is -3.68. The number of hydrogen-bond donors (Lipinski definition) is 2. The molecule has 1 heterocycles. The minimum Gasteiger partial charge on any atom is -0.508 e. The predicted molar refractivity (Wildman–Crippen MR) is 68.1 cm³/mol. The Labute approximate surface area is 111 Å². The van der Waals surface area contributed by atoms with E-state index in [1.54, 1.807) is 26.0 Å². The predicted octanol–water partition coefficient (Wildman–Crippen LogP) is 1.48. The number of sulfonamides is 1. The van der Waals surface area contributed by atoms with E-state index in [0.29, 0.717) is 11.3 Å². The van der Waals surface area contributed by atoms with Crippen molar-refractivity contribution >= 4 is 10.0 Å². The van der Waals surface area contributed by atoms with E-state index in [1.807, 2.05) is 0 Å². The summed E-state index contributed by atoms with van der Waals surface area (Å²) in [5.74, 6) is 0.343. The summed E-state index contributed by atoms with van der Waals surface area (Å²) in [6, 6.07) is 6.38. The van der Waals surface area contributed by atoms with Crippen LogP contribution in [0.25, 0.3) is 0 Å². The van der Waals surface area contributed by atoms with Gasteiger partial charge in [-0.25, -0.2) is 13.1 Å². The van der Waals surface area contributed by atoms with E-state index >= 15 is 0 Å². The molecule has 0 aliphatic heterocycles. The maximum absolute atomic E-state index is 12.1. The van der Waals surface area contributed by atoms with Gasteiger partial charge < -0.3 is 9.63 Å². The second kappa shape index (κ2) is 5.02. The fourth-order valence-corrected chi connectivity index (χ4v) is 3.12. The Morgan fingerprint density at radius 3 is 2.68 bits per heavy atom. The van der Waals surface area contributed by atoms with Crippen LogP contribution in [0.15, 0.2) is 33.7 Å². The van der Waals surface area contributed by atoms with Gasteiger partial charge in [-0.05, 0) is 31.5 Å². The Balaban J connectivity index is 2.19. The molecule has 0 unspecified atom stereocenters. The van der Waals surface area contributed by atoms with Crippen LogP contribution in [0.4, 0.5) is 0 Å². The van der Waals surface area contributed by atoms with Gasteiger partial charge in [0.15, 0.2) is 5.76 Å². The molecule has 0 aliphatic rings. The van der Waals surface area contributed by atoms with E-state index in [4.69, 9.17) is 4.52 Å². The van der Waals surface area contributed by atoms with Crippen molar-refractivity contribution in [3.63, 3.8) is 0 Å².